The summed E-state index contributed by atoms with van der Waals surface area (Å²) in [6, 6.07) is -0.511. The Bertz CT molecular complexity index is 214. The Kier molecular flexibility index (Phi) is 11.8. The Morgan fingerprint density at radius 3 is 1.89 bits per heavy atom. The molecule has 0 amide bonds. The van der Waals surface area contributed by atoms with Crippen molar-refractivity contribution in [3.05, 3.63) is 0 Å². The monoisotopic (exact) mass is 600 g/mol. The Morgan fingerprint density at radius 2 is 1.61 bits per heavy atom. The summed E-state index contributed by atoms with van der Waals surface area (Å²) in [7, 11) is 0. The first-order valence-electron chi connectivity index (χ1n) is 5.75. The van der Waals surface area contributed by atoms with E-state index in [-0.39, 0.29) is 43.0 Å². The summed E-state index contributed by atoms with van der Waals surface area (Å²) >= 11 is -0.0454. The van der Waals surface area contributed by atoms with Crippen LogP contribution in [0.5, 0.6) is 0 Å². The minimum atomic E-state index is -4.24. The van der Waals surface area contributed by atoms with Crippen LogP contribution in [0, 0.1) is 0 Å². The SMILES string of the molecule is CCC[I-]N([I-]CCC)C(C)C([O][Sn])C(F)(F)F. The number of nitrogens with zero attached hydrogens (tertiary/aromatic N) is 1. The van der Waals surface area contributed by atoms with Gasteiger partial charge in [0.25, 0.3) is 0 Å². The van der Waals surface area contributed by atoms with E-state index in [0.29, 0.717) is 22.9 Å². The zero-order valence-electron chi connectivity index (χ0n) is 10.7. The Labute approximate surface area is 143 Å². The standard InChI is InChI=1S/C10H19F3I2NO.Sn/c1-4-6-14-16(15-7-5-2)8(3)9(17)10(11,12)13;/h8-9H,4-7H2,1-3H3;/q-3;+1. The molecule has 8 heteroatoms. The molecule has 0 aliphatic carbocycles. The molecule has 0 saturated heterocycles. The zero-order chi connectivity index (χ0) is 14.2. The first kappa shape index (κ1) is 20.0. The molecule has 2 unspecified atom stereocenters. The third-order valence-corrected chi connectivity index (χ3v) is 12.3. The van der Waals surface area contributed by atoms with Crippen LogP contribution in [0.4, 0.5) is 13.2 Å². The fourth-order valence-electron chi connectivity index (χ4n) is 1.12. The van der Waals surface area contributed by atoms with Gasteiger partial charge < -0.3 is 0 Å². The fourth-order valence-corrected chi connectivity index (χ4v) is 9.63. The van der Waals surface area contributed by atoms with E-state index in [0.717, 1.165) is 21.7 Å². The summed E-state index contributed by atoms with van der Waals surface area (Å²) in [5.41, 5.74) is 0. The van der Waals surface area contributed by atoms with Crippen LogP contribution in [-0.4, -0.2) is 51.4 Å². The van der Waals surface area contributed by atoms with Crippen molar-refractivity contribution >= 4 is 22.9 Å². The molecule has 0 aromatic heterocycles. The number of rotatable bonds is 9. The first-order valence-corrected chi connectivity index (χ1v) is 11.9. The molecule has 0 aliphatic rings. The number of hydrogen-bond acceptors (Lipinski definition) is 2. The maximum absolute atomic E-state index is 12.9. The van der Waals surface area contributed by atoms with Gasteiger partial charge in [0.2, 0.25) is 0 Å². The van der Waals surface area contributed by atoms with Gasteiger partial charge in [0.1, 0.15) is 0 Å². The molecule has 0 fully saturated rings. The van der Waals surface area contributed by atoms with E-state index in [2.05, 4.69) is 15.2 Å². The summed E-state index contributed by atoms with van der Waals surface area (Å²) in [6.45, 7) is 5.85. The van der Waals surface area contributed by atoms with Crippen molar-refractivity contribution in [2.75, 3.05) is 8.86 Å². The van der Waals surface area contributed by atoms with E-state index in [9.17, 15) is 13.2 Å². The molecular weight excluding hydrogens is 580 g/mol. The minimum absolute atomic E-state index is 0.270. The van der Waals surface area contributed by atoms with Crippen LogP contribution >= 0.6 is 0 Å². The molecule has 0 aromatic rings. The molecule has 0 N–H and O–H groups in total. The van der Waals surface area contributed by atoms with Crippen LogP contribution in [0.2, 0.25) is 0 Å². The molecule has 2 nitrogen and oxygen atoms in total. The average Bonchev–Trinajstić information content (AvgIpc) is 2.28. The molecule has 111 valence electrons. The summed E-state index contributed by atoms with van der Waals surface area (Å²) in [6.07, 6.45) is -3.74. The van der Waals surface area contributed by atoms with Gasteiger partial charge >= 0.3 is 144 Å². The molecule has 0 aliphatic heterocycles. The van der Waals surface area contributed by atoms with Crippen molar-refractivity contribution in [3.63, 3.8) is 0 Å². The quantitative estimate of drug-likeness (QED) is 0.119. The second-order valence-electron chi connectivity index (χ2n) is 3.70. The van der Waals surface area contributed by atoms with Gasteiger partial charge in [-0.25, -0.2) is 0 Å². The van der Waals surface area contributed by atoms with E-state index >= 15 is 0 Å². The molecule has 0 heterocycles. The molecule has 0 aromatic carbocycles. The Hall–Kier alpha value is 1.97. The van der Waals surface area contributed by atoms with Crippen molar-refractivity contribution in [3.8, 4) is 0 Å². The molecule has 3 radical (unpaired) electrons. The van der Waals surface area contributed by atoms with Crippen LogP contribution in [-0.2, 0) is 3.07 Å². The number of alkyl halides is 5. The zero-order valence-corrected chi connectivity index (χ0v) is 17.9. The van der Waals surface area contributed by atoms with Crippen molar-refractivity contribution < 1.29 is 59.2 Å². The van der Waals surface area contributed by atoms with Crippen LogP contribution in [0.25, 0.3) is 0 Å². The fraction of sp³-hybridized carbons (Fsp3) is 1.00. The summed E-state index contributed by atoms with van der Waals surface area (Å²) in [4.78, 5) is 0. The second-order valence-corrected chi connectivity index (χ2v) is 11.8. The van der Waals surface area contributed by atoms with E-state index in [1.54, 1.807) is 6.92 Å². The van der Waals surface area contributed by atoms with E-state index in [1.807, 2.05) is 0 Å². The van der Waals surface area contributed by atoms with Gasteiger partial charge in [-0.15, -0.1) is 0 Å². The normalized spacial score (nSPS) is 16.4. The van der Waals surface area contributed by atoms with Gasteiger partial charge in [0, 0.05) is 0 Å². The molecule has 0 saturated carbocycles. The molecule has 0 spiro atoms. The van der Waals surface area contributed by atoms with Gasteiger partial charge in [0.15, 0.2) is 0 Å². The number of halogens is 5. The van der Waals surface area contributed by atoms with E-state index in [1.165, 1.54) is 0 Å². The third kappa shape index (κ3) is 7.67. The van der Waals surface area contributed by atoms with E-state index < -0.39 is 18.3 Å². The summed E-state index contributed by atoms with van der Waals surface area (Å²) in [5, 5.41) is 0. The van der Waals surface area contributed by atoms with Crippen molar-refractivity contribution in [2.24, 2.45) is 0 Å². The molecule has 0 bridgehead atoms. The van der Waals surface area contributed by atoms with Gasteiger partial charge in [0.05, 0.1) is 0 Å². The van der Waals surface area contributed by atoms with E-state index in [4.69, 9.17) is 3.07 Å². The summed E-state index contributed by atoms with van der Waals surface area (Å²) in [5.74, 6) is 0. The predicted octanol–water partition coefficient (Wildman–Crippen LogP) is -3.46. The molecule has 0 rings (SSSR count). The van der Waals surface area contributed by atoms with Crippen LogP contribution in [0.15, 0.2) is 0 Å². The summed E-state index contributed by atoms with van der Waals surface area (Å²) < 4.78 is 47.6. The Balaban J connectivity index is 4.62. The molecular formula is C10H19F3I2NOSn-2. The van der Waals surface area contributed by atoms with Crippen LogP contribution < -0.4 is 43.0 Å². The van der Waals surface area contributed by atoms with Gasteiger partial charge in [-0.2, -0.15) is 0 Å². The second kappa shape index (κ2) is 10.7. The third-order valence-electron chi connectivity index (χ3n) is 1.97. The maximum atomic E-state index is 12.9. The molecule has 2 atom stereocenters. The van der Waals surface area contributed by atoms with Crippen LogP contribution in [0.1, 0.15) is 33.6 Å². The predicted molar refractivity (Wildman–Crippen MR) is 58.3 cm³/mol. The average molecular weight is 599 g/mol. The Morgan fingerprint density at radius 1 is 1.17 bits per heavy atom. The van der Waals surface area contributed by atoms with Crippen molar-refractivity contribution in [1.82, 2.24) is 1.33 Å². The molecule has 18 heavy (non-hydrogen) atoms. The topological polar surface area (TPSA) is 12.5 Å². The van der Waals surface area contributed by atoms with Gasteiger partial charge in [-0.1, -0.05) is 0 Å². The van der Waals surface area contributed by atoms with Crippen molar-refractivity contribution in [2.45, 2.75) is 51.9 Å². The van der Waals surface area contributed by atoms with Crippen molar-refractivity contribution in [1.29, 1.82) is 0 Å². The van der Waals surface area contributed by atoms with Gasteiger partial charge in [-0.3, -0.25) is 0 Å². The van der Waals surface area contributed by atoms with Crippen LogP contribution in [0.3, 0.4) is 0 Å². The number of hydrogen-bond donors (Lipinski definition) is 0. The van der Waals surface area contributed by atoms with Gasteiger partial charge in [-0.05, 0) is 0 Å². The first-order chi connectivity index (χ1) is 8.38.